The summed E-state index contributed by atoms with van der Waals surface area (Å²) in [5.74, 6) is 4.32. The van der Waals surface area contributed by atoms with Gasteiger partial charge in [0.2, 0.25) is 0 Å². The van der Waals surface area contributed by atoms with E-state index in [2.05, 4.69) is 13.8 Å². The highest BCUT2D eigenvalue weighted by Crippen LogP contribution is 2.51. The molecule has 2 aliphatic carbocycles. The van der Waals surface area contributed by atoms with Crippen molar-refractivity contribution in [2.75, 3.05) is 0 Å². The fourth-order valence-electron chi connectivity index (χ4n) is 2.87. The monoisotopic (exact) mass is 124 g/mol. The predicted octanol–water partition coefficient (Wildman–Crippen LogP) is 2.69. The van der Waals surface area contributed by atoms with E-state index >= 15 is 0 Å². The van der Waals surface area contributed by atoms with Gasteiger partial charge in [-0.05, 0) is 42.9 Å². The van der Waals surface area contributed by atoms with Gasteiger partial charge in [0.25, 0.3) is 0 Å². The molecule has 0 amide bonds. The standard InChI is InChI=1S/C9H16/c1-6-7(2)9-4-3-8(6)5-9/h6-9H,3-5H2,1-2H3/t6-,7-,8?,9?/m1/s1. The highest BCUT2D eigenvalue weighted by molar-refractivity contribution is 4.92. The van der Waals surface area contributed by atoms with E-state index in [9.17, 15) is 0 Å². The zero-order chi connectivity index (χ0) is 6.43. The summed E-state index contributed by atoms with van der Waals surface area (Å²) in [7, 11) is 0. The van der Waals surface area contributed by atoms with Crippen LogP contribution in [0.4, 0.5) is 0 Å². The van der Waals surface area contributed by atoms with Crippen molar-refractivity contribution in [2.45, 2.75) is 33.1 Å². The Morgan fingerprint density at radius 3 is 1.56 bits per heavy atom. The zero-order valence-electron chi connectivity index (χ0n) is 6.43. The van der Waals surface area contributed by atoms with Crippen LogP contribution >= 0.6 is 0 Å². The molecule has 4 atom stereocenters. The van der Waals surface area contributed by atoms with Crippen molar-refractivity contribution in [1.82, 2.24) is 0 Å². The van der Waals surface area contributed by atoms with Crippen LogP contribution in [0.15, 0.2) is 0 Å². The van der Waals surface area contributed by atoms with Crippen LogP contribution in [0.3, 0.4) is 0 Å². The molecule has 0 aliphatic heterocycles. The lowest BCUT2D eigenvalue weighted by Crippen LogP contribution is -2.15. The number of hydrogen-bond acceptors (Lipinski definition) is 0. The second-order valence-corrected chi connectivity index (χ2v) is 4.05. The maximum absolute atomic E-state index is 2.44. The van der Waals surface area contributed by atoms with Crippen LogP contribution in [0.5, 0.6) is 0 Å². The van der Waals surface area contributed by atoms with Crippen LogP contribution in [-0.4, -0.2) is 0 Å². The van der Waals surface area contributed by atoms with Crippen molar-refractivity contribution in [3.8, 4) is 0 Å². The van der Waals surface area contributed by atoms with Crippen molar-refractivity contribution in [2.24, 2.45) is 23.7 Å². The minimum absolute atomic E-state index is 1.05. The van der Waals surface area contributed by atoms with Crippen molar-refractivity contribution < 1.29 is 0 Å². The number of fused-ring (bicyclic) bond motifs is 2. The number of rotatable bonds is 0. The summed E-state index contributed by atoms with van der Waals surface area (Å²) in [5.41, 5.74) is 0. The summed E-state index contributed by atoms with van der Waals surface area (Å²) >= 11 is 0. The average Bonchev–Trinajstić information content (AvgIpc) is 2.37. The van der Waals surface area contributed by atoms with E-state index in [4.69, 9.17) is 0 Å². The minimum atomic E-state index is 1.05. The van der Waals surface area contributed by atoms with E-state index in [1.165, 1.54) is 12.8 Å². The third-order valence-electron chi connectivity index (χ3n) is 3.83. The maximum Gasteiger partial charge on any atom is -0.0383 e. The smallest absolute Gasteiger partial charge is 0.0383 e. The van der Waals surface area contributed by atoms with Gasteiger partial charge in [-0.2, -0.15) is 0 Å². The largest absolute Gasteiger partial charge is 0.0620 e. The molecular weight excluding hydrogens is 108 g/mol. The van der Waals surface area contributed by atoms with E-state index in [-0.39, 0.29) is 0 Å². The van der Waals surface area contributed by atoms with Crippen LogP contribution in [0.25, 0.3) is 0 Å². The predicted molar refractivity (Wildman–Crippen MR) is 39.2 cm³/mol. The summed E-state index contributed by atoms with van der Waals surface area (Å²) in [6.45, 7) is 4.88. The summed E-state index contributed by atoms with van der Waals surface area (Å²) < 4.78 is 0. The number of hydrogen-bond donors (Lipinski definition) is 0. The quantitative estimate of drug-likeness (QED) is 0.465. The van der Waals surface area contributed by atoms with Crippen LogP contribution in [0.1, 0.15) is 33.1 Å². The molecule has 0 radical (unpaired) electrons. The van der Waals surface area contributed by atoms with Crippen LogP contribution in [0.2, 0.25) is 0 Å². The summed E-state index contributed by atoms with van der Waals surface area (Å²) in [5, 5.41) is 0. The lowest BCUT2D eigenvalue weighted by Gasteiger charge is -2.24. The van der Waals surface area contributed by atoms with Crippen molar-refractivity contribution in [3.05, 3.63) is 0 Å². The fourth-order valence-corrected chi connectivity index (χ4v) is 2.87. The Hall–Kier alpha value is 0. The van der Waals surface area contributed by atoms with Gasteiger partial charge in [0, 0.05) is 0 Å². The fraction of sp³-hybridized carbons (Fsp3) is 1.00. The Morgan fingerprint density at radius 2 is 1.33 bits per heavy atom. The third-order valence-corrected chi connectivity index (χ3v) is 3.83. The Balaban J connectivity index is 2.15. The first kappa shape index (κ1) is 5.76. The molecule has 9 heavy (non-hydrogen) atoms. The Kier molecular flexibility index (Phi) is 1.12. The van der Waals surface area contributed by atoms with Gasteiger partial charge in [-0.25, -0.2) is 0 Å². The van der Waals surface area contributed by atoms with Crippen LogP contribution < -0.4 is 0 Å². The zero-order valence-corrected chi connectivity index (χ0v) is 6.43. The van der Waals surface area contributed by atoms with Gasteiger partial charge in [-0.3, -0.25) is 0 Å². The third kappa shape index (κ3) is 0.653. The van der Waals surface area contributed by atoms with Gasteiger partial charge in [0.05, 0.1) is 0 Å². The normalized spacial score (nSPS) is 56.7. The highest BCUT2D eigenvalue weighted by atomic mass is 14.5. The van der Waals surface area contributed by atoms with Gasteiger partial charge in [-0.15, -0.1) is 0 Å². The van der Waals surface area contributed by atoms with E-state index in [0.717, 1.165) is 23.7 Å². The molecule has 2 unspecified atom stereocenters. The maximum atomic E-state index is 2.44. The second kappa shape index (κ2) is 1.74. The van der Waals surface area contributed by atoms with Crippen LogP contribution in [-0.2, 0) is 0 Å². The lowest BCUT2D eigenvalue weighted by molar-refractivity contribution is 0.259. The molecule has 0 spiro atoms. The second-order valence-electron chi connectivity index (χ2n) is 4.05. The van der Waals surface area contributed by atoms with Gasteiger partial charge in [0.1, 0.15) is 0 Å². The molecular formula is C9H16. The molecule has 2 fully saturated rings. The van der Waals surface area contributed by atoms with Gasteiger partial charge in [-0.1, -0.05) is 13.8 Å². The van der Waals surface area contributed by atoms with Crippen LogP contribution in [0, 0.1) is 23.7 Å². The molecule has 0 aromatic carbocycles. The topological polar surface area (TPSA) is 0 Å². The molecule has 0 saturated heterocycles. The first-order valence-corrected chi connectivity index (χ1v) is 4.29. The molecule has 0 aromatic rings. The first-order chi connectivity index (χ1) is 4.29. The Labute approximate surface area is 57.6 Å². The Morgan fingerprint density at radius 1 is 0.889 bits per heavy atom. The van der Waals surface area contributed by atoms with Crippen molar-refractivity contribution >= 4 is 0 Å². The summed E-state index contributed by atoms with van der Waals surface area (Å²) in [6.07, 6.45) is 4.63. The molecule has 0 aromatic heterocycles. The van der Waals surface area contributed by atoms with E-state index in [1.807, 2.05) is 0 Å². The molecule has 2 saturated carbocycles. The molecule has 2 bridgehead atoms. The van der Waals surface area contributed by atoms with Crippen molar-refractivity contribution in [3.63, 3.8) is 0 Å². The van der Waals surface area contributed by atoms with E-state index < -0.39 is 0 Å². The van der Waals surface area contributed by atoms with E-state index in [0.29, 0.717) is 0 Å². The van der Waals surface area contributed by atoms with Gasteiger partial charge in [0.15, 0.2) is 0 Å². The first-order valence-electron chi connectivity index (χ1n) is 4.29. The molecule has 0 heteroatoms. The highest BCUT2D eigenvalue weighted by Gasteiger charge is 2.42. The molecule has 0 nitrogen and oxygen atoms in total. The van der Waals surface area contributed by atoms with Gasteiger partial charge < -0.3 is 0 Å². The summed E-state index contributed by atoms with van der Waals surface area (Å²) in [6, 6.07) is 0. The molecule has 2 aliphatic rings. The SMILES string of the molecule is C[C@H]1C2CCC(C2)[C@@H]1C. The molecule has 52 valence electrons. The average molecular weight is 124 g/mol. The van der Waals surface area contributed by atoms with Gasteiger partial charge >= 0.3 is 0 Å². The molecule has 0 heterocycles. The lowest BCUT2D eigenvalue weighted by atomic mass is 9.82. The molecule has 0 N–H and O–H groups in total. The molecule has 2 rings (SSSR count). The van der Waals surface area contributed by atoms with E-state index in [1.54, 1.807) is 6.42 Å². The Bertz CT molecular complexity index is 99.2. The van der Waals surface area contributed by atoms with Crippen molar-refractivity contribution in [1.29, 1.82) is 0 Å². The summed E-state index contributed by atoms with van der Waals surface area (Å²) in [4.78, 5) is 0. The minimum Gasteiger partial charge on any atom is -0.0620 e.